The second kappa shape index (κ2) is 7.10. The molecule has 2 aromatic rings. The molecule has 1 amide bonds. The van der Waals surface area contributed by atoms with E-state index in [1.165, 1.54) is 11.8 Å². The van der Waals surface area contributed by atoms with Crippen LogP contribution in [0.4, 0.5) is 5.82 Å². The van der Waals surface area contributed by atoms with Gasteiger partial charge in [-0.05, 0) is 56.5 Å². The Kier molecular flexibility index (Phi) is 4.93. The molecule has 3 heterocycles. The maximum atomic E-state index is 12.4. The van der Waals surface area contributed by atoms with E-state index in [1.54, 1.807) is 12.1 Å². The Balaban J connectivity index is 1.53. The fraction of sp³-hybridized carbons (Fsp3) is 0.438. The molecular weight excluding hydrogens is 314 g/mol. The topological polar surface area (TPSA) is 73.9 Å². The van der Waals surface area contributed by atoms with E-state index in [0.29, 0.717) is 16.8 Å². The summed E-state index contributed by atoms with van der Waals surface area (Å²) in [5.74, 6) is 1.01. The smallest absolute Gasteiger partial charge is 0.242 e. The van der Waals surface area contributed by atoms with Crippen molar-refractivity contribution in [2.24, 2.45) is 0 Å². The zero-order valence-corrected chi connectivity index (χ0v) is 13.8. The number of aromatic nitrogens is 3. The van der Waals surface area contributed by atoms with Crippen molar-refractivity contribution < 1.29 is 4.79 Å². The third-order valence-electron chi connectivity index (χ3n) is 4.43. The van der Waals surface area contributed by atoms with Crippen LogP contribution < -0.4 is 5.32 Å². The van der Waals surface area contributed by atoms with Gasteiger partial charge in [-0.25, -0.2) is 4.98 Å². The third kappa shape index (κ3) is 3.89. The van der Waals surface area contributed by atoms with Crippen molar-refractivity contribution in [3.63, 3.8) is 0 Å². The minimum Gasteiger partial charge on any atom is -0.309 e. The average Bonchev–Trinajstić information content (AvgIpc) is 3.11. The van der Waals surface area contributed by atoms with Gasteiger partial charge in [-0.15, -0.1) is 0 Å². The average molecular weight is 334 g/mol. The van der Waals surface area contributed by atoms with Crippen molar-refractivity contribution in [1.29, 1.82) is 0 Å². The molecule has 0 radical (unpaired) electrons. The number of piperidine rings is 1. The standard InChI is InChI=1S/C16H20ClN5O/c1-11(16(23)21-15-3-2-14(17)10-18-15)22-6-4-12(5-7-22)13-8-19-20-9-13/h2-3,8-12H,4-7H2,1H3,(H,19,20)(H,18,21,23)/t11-/m1/s1. The van der Waals surface area contributed by atoms with E-state index in [0.717, 1.165) is 25.9 Å². The summed E-state index contributed by atoms with van der Waals surface area (Å²) in [5, 5.41) is 10.3. The van der Waals surface area contributed by atoms with Crippen LogP contribution in [0.2, 0.25) is 5.02 Å². The van der Waals surface area contributed by atoms with Crippen LogP contribution >= 0.6 is 11.6 Å². The van der Waals surface area contributed by atoms with Crippen molar-refractivity contribution in [1.82, 2.24) is 20.1 Å². The Morgan fingerprint density at radius 2 is 2.17 bits per heavy atom. The Morgan fingerprint density at radius 3 is 2.78 bits per heavy atom. The molecule has 1 saturated heterocycles. The minimum absolute atomic E-state index is 0.0402. The molecule has 1 aliphatic heterocycles. The van der Waals surface area contributed by atoms with Crippen LogP contribution in [0.5, 0.6) is 0 Å². The minimum atomic E-state index is -0.183. The summed E-state index contributed by atoms with van der Waals surface area (Å²) < 4.78 is 0. The molecule has 0 aromatic carbocycles. The lowest BCUT2D eigenvalue weighted by molar-refractivity contribution is -0.121. The summed E-state index contributed by atoms with van der Waals surface area (Å²) in [4.78, 5) is 18.7. The number of hydrogen-bond donors (Lipinski definition) is 2. The number of H-pyrrole nitrogens is 1. The number of halogens is 1. The largest absolute Gasteiger partial charge is 0.309 e. The van der Waals surface area contributed by atoms with E-state index in [-0.39, 0.29) is 11.9 Å². The van der Waals surface area contributed by atoms with Gasteiger partial charge < -0.3 is 5.32 Å². The van der Waals surface area contributed by atoms with E-state index in [1.807, 2.05) is 19.3 Å². The van der Waals surface area contributed by atoms with Crippen LogP contribution in [0.3, 0.4) is 0 Å². The molecule has 2 aromatic heterocycles. The summed E-state index contributed by atoms with van der Waals surface area (Å²) in [6.45, 7) is 3.74. The fourth-order valence-electron chi connectivity index (χ4n) is 2.95. The van der Waals surface area contributed by atoms with Gasteiger partial charge >= 0.3 is 0 Å². The van der Waals surface area contributed by atoms with Gasteiger partial charge in [0, 0.05) is 12.4 Å². The van der Waals surface area contributed by atoms with Gasteiger partial charge in [0.2, 0.25) is 5.91 Å². The van der Waals surface area contributed by atoms with Gasteiger partial charge in [0.25, 0.3) is 0 Å². The molecule has 2 N–H and O–H groups in total. The number of aromatic amines is 1. The predicted octanol–water partition coefficient (Wildman–Crippen LogP) is 2.66. The molecule has 6 nitrogen and oxygen atoms in total. The molecule has 1 aliphatic rings. The van der Waals surface area contributed by atoms with Gasteiger partial charge in [-0.1, -0.05) is 11.6 Å². The molecule has 1 fully saturated rings. The summed E-state index contributed by atoms with van der Waals surface area (Å²) in [6, 6.07) is 3.24. The Hall–Kier alpha value is -1.92. The lowest BCUT2D eigenvalue weighted by atomic mass is 9.91. The molecular formula is C16H20ClN5O. The number of hydrogen-bond acceptors (Lipinski definition) is 4. The van der Waals surface area contributed by atoms with E-state index < -0.39 is 0 Å². The second-order valence-electron chi connectivity index (χ2n) is 5.87. The number of likely N-dealkylation sites (tertiary alicyclic amines) is 1. The third-order valence-corrected chi connectivity index (χ3v) is 4.65. The molecule has 0 saturated carbocycles. The number of rotatable bonds is 4. The summed E-state index contributed by atoms with van der Waals surface area (Å²) in [7, 11) is 0. The van der Waals surface area contributed by atoms with Crippen LogP contribution in [0.1, 0.15) is 31.2 Å². The van der Waals surface area contributed by atoms with Gasteiger partial charge in [-0.2, -0.15) is 5.10 Å². The van der Waals surface area contributed by atoms with E-state index in [9.17, 15) is 4.79 Å². The zero-order valence-electron chi connectivity index (χ0n) is 13.0. The van der Waals surface area contributed by atoms with Gasteiger partial charge in [0.15, 0.2) is 0 Å². The van der Waals surface area contributed by atoms with E-state index >= 15 is 0 Å². The monoisotopic (exact) mass is 333 g/mol. The van der Waals surface area contributed by atoms with E-state index in [4.69, 9.17) is 11.6 Å². The normalized spacial score (nSPS) is 17.8. The summed E-state index contributed by atoms with van der Waals surface area (Å²) in [5.41, 5.74) is 1.26. The zero-order chi connectivity index (χ0) is 16.2. The van der Waals surface area contributed by atoms with Crippen molar-refractivity contribution in [3.05, 3.63) is 41.3 Å². The predicted molar refractivity (Wildman–Crippen MR) is 89.5 cm³/mol. The van der Waals surface area contributed by atoms with Gasteiger partial charge in [-0.3, -0.25) is 14.8 Å². The number of carbonyl (C=O) groups is 1. The number of carbonyl (C=O) groups excluding carboxylic acids is 1. The van der Waals surface area contributed by atoms with Gasteiger partial charge in [0.1, 0.15) is 5.82 Å². The lowest BCUT2D eigenvalue weighted by Crippen LogP contribution is -2.45. The SMILES string of the molecule is C[C@H](C(=O)Nc1ccc(Cl)cn1)N1CCC(c2cn[nH]c2)CC1. The Morgan fingerprint density at radius 1 is 1.39 bits per heavy atom. The Labute approximate surface area is 140 Å². The highest BCUT2D eigenvalue weighted by atomic mass is 35.5. The fourth-order valence-corrected chi connectivity index (χ4v) is 3.06. The van der Waals surface area contributed by atoms with Crippen molar-refractivity contribution >= 4 is 23.3 Å². The molecule has 0 spiro atoms. The van der Waals surface area contributed by atoms with Crippen molar-refractivity contribution in [2.45, 2.75) is 31.7 Å². The first-order valence-electron chi connectivity index (χ1n) is 7.78. The molecule has 0 unspecified atom stereocenters. The quantitative estimate of drug-likeness (QED) is 0.902. The number of nitrogens with zero attached hydrogens (tertiary/aromatic N) is 3. The van der Waals surface area contributed by atoms with Gasteiger partial charge in [0.05, 0.1) is 17.3 Å². The molecule has 122 valence electrons. The maximum absolute atomic E-state index is 12.4. The highest BCUT2D eigenvalue weighted by molar-refractivity contribution is 6.30. The first kappa shape index (κ1) is 16.0. The molecule has 7 heteroatoms. The first-order valence-corrected chi connectivity index (χ1v) is 8.16. The molecule has 0 bridgehead atoms. The summed E-state index contributed by atoms with van der Waals surface area (Å²) >= 11 is 5.80. The molecule has 1 atom stereocenters. The molecule has 3 rings (SSSR count). The number of nitrogens with one attached hydrogen (secondary N) is 2. The van der Waals surface area contributed by atoms with E-state index in [2.05, 4.69) is 25.4 Å². The highest BCUT2D eigenvalue weighted by Crippen LogP contribution is 2.28. The highest BCUT2D eigenvalue weighted by Gasteiger charge is 2.27. The second-order valence-corrected chi connectivity index (χ2v) is 6.31. The van der Waals surface area contributed by atoms with Crippen LogP contribution in [0.25, 0.3) is 0 Å². The first-order chi connectivity index (χ1) is 11.1. The number of pyridine rings is 1. The summed E-state index contributed by atoms with van der Waals surface area (Å²) in [6.07, 6.45) is 7.45. The molecule has 23 heavy (non-hydrogen) atoms. The lowest BCUT2D eigenvalue weighted by Gasteiger charge is -2.35. The Bertz CT molecular complexity index is 635. The number of amides is 1. The van der Waals surface area contributed by atoms with Crippen LogP contribution in [-0.4, -0.2) is 45.1 Å². The van der Waals surface area contributed by atoms with Crippen molar-refractivity contribution in [3.8, 4) is 0 Å². The molecule has 0 aliphatic carbocycles. The van der Waals surface area contributed by atoms with Crippen LogP contribution in [-0.2, 0) is 4.79 Å². The maximum Gasteiger partial charge on any atom is 0.242 e. The van der Waals surface area contributed by atoms with Crippen LogP contribution in [0.15, 0.2) is 30.7 Å². The van der Waals surface area contributed by atoms with Crippen molar-refractivity contribution in [2.75, 3.05) is 18.4 Å². The van der Waals surface area contributed by atoms with Crippen LogP contribution in [0, 0.1) is 0 Å². The number of anilines is 1.